The molecule has 2 N–H and O–H groups in total. The molecule has 0 spiro atoms. The predicted octanol–water partition coefficient (Wildman–Crippen LogP) is 1.94. The van der Waals surface area contributed by atoms with Gasteiger partial charge in [0.1, 0.15) is 0 Å². The van der Waals surface area contributed by atoms with Gasteiger partial charge in [-0.05, 0) is 25.0 Å². The molecule has 0 radical (unpaired) electrons. The molecule has 0 aliphatic rings. The lowest BCUT2D eigenvalue weighted by atomic mass is 10.0. The Kier molecular flexibility index (Phi) is 2.76. The summed E-state index contributed by atoms with van der Waals surface area (Å²) >= 11 is 0. The zero-order chi connectivity index (χ0) is 9.14. The van der Waals surface area contributed by atoms with E-state index in [0.29, 0.717) is 5.69 Å². The number of rotatable bonds is 2. The smallest absolute Gasteiger partial charge is 0.213 e. The molecule has 0 bridgehead atoms. The van der Waals surface area contributed by atoms with Crippen molar-refractivity contribution < 1.29 is 4.39 Å². The summed E-state index contributed by atoms with van der Waals surface area (Å²) < 4.78 is 12.6. The quantitative estimate of drug-likeness (QED) is 0.685. The van der Waals surface area contributed by atoms with Gasteiger partial charge in [-0.3, -0.25) is 0 Å². The molecule has 0 saturated heterocycles. The van der Waals surface area contributed by atoms with Crippen LogP contribution in [0.4, 0.5) is 4.39 Å². The maximum atomic E-state index is 12.6. The molecule has 0 unspecified atom stereocenters. The Morgan fingerprint density at radius 2 is 2.25 bits per heavy atom. The van der Waals surface area contributed by atoms with Crippen molar-refractivity contribution in [2.24, 2.45) is 5.73 Å². The van der Waals surface area contributed by atoms with E-state index in [9.17, 15) is 4.39 Å². The molecular formula is C9H13FN2. The first kappa shape index (κ1) is 9.13. The normalized spacial score (nSPS) is 13.0. The summed E-state index contributed by atoms with van der Waals surface area (Å²) in [6.07, 6.45) is 0.841. The van der Waals surface area contributed by atoms with Gasteiger partial charge in [0.2, 0.25) is 5.95 Å². The molecule has 1 heterocycles. The first-order chi connectivity index (χ1) is 5.65. The monoisotopic (exact) mass is 168 g/mol. The van der Waals surface area contributed by atoms with Crippen molar-refractivity contribution in [1.82, 2.24) is 4.98 Å². The second-order valence-electron chi connectivity index (χ2n) is 2.82. The summed E-state index contributed by atoms with van der Waals surface area (Å²) in [5.74, 6) is -0.445. The van der Waals surface area contributed by atoms with Gasteiger partial charge in [0, 0.05) is 11.7 Å². The third kappa shape index (κ3) is 1.80. The van der Waals surface area contributed by atoms with Gasteiger partial charge in [-0.25, -0.2) is 4.98 Å². The highest BCUT2D eigenvalue weighted by Gasteiger charge is 2.07. The Bertz CT molecular complexity index is 273. The van der Waals surface area contributed by atoms with E-state index < -0.39 is 5.95 Å². The van der Waals surface area contributed by atoms with E-state index in [4.69, 9.17) is 5.73 Å². The molecule has 12 heavy (non-hydrogen) atoms. The first-order valence-corrected chi connectivity index (χ1v) is 4.03. The number of pyridine rings is 1. The van der Waals surface area contributed by atoms with Gasteiger partial charge >= 0.3 is 0 Å². The number of halogens is 1. The topological polar surface area (TPSA) is 38.9 Å². The fourth-order valence-electron chi connectivity index (χ4n) is 1.15. The fourth-order valence-corrected chi connectivity index (χ4v) is 1.15. The Balaban J connectivity index is 3.01. The molecule has 1 aromatic rings. The van der Waals surface area contributed by atoms with E-state index in [1.165, 1.54) is 6.07 Å². The maximum absolute atomic E-state index is 12.6. The number of nitrogens with two attached hydrogens (primary N) is 1. The molecule has 1 rings (SSSR count). The minimum Gasteiger partial charge on any atom is -0.324 e. The summed E-state index contributed by atoms with van der Waals surface area (Å²) in [6.45, 7) is 3.77. The molecule has 2 nitrogen and oxygen atoms in total. The third-order valence-corrected chi connectivity index (χ3v) is 1.93. The van der Waals surface area contributed by atoms with Crippen LogP contribution < -0.4 is 5.73 Å². The molecule has 1 aromatic heterocycles. The van der Waals surface area contributed by atoms with Gasteiger partial charge in [0.25, 0.3) is 0 Å². The van der Waals surface area contributed by atoms with E-state index in [-0.39, 0.29) is 6.04 Å². The van der Waals surface area contributed by atoms with Gasteiger partial charge in [0.15, 0.2) is 0 Å². The average Bonchev–Trinajstić information content (AvgIpc) is 2.03. The third-order valence-electron chi connectivity index (χ3n) is 1.93. The Hall–Kier alpha value is -0.960. The minimum absolute atomic E-state index is 0.0295. The Labute approximate surface area is 71.6 Å². The average molecular weight is 168 g/mol. The number of nitrogens with zero attached hydrogens (tertiary/aromatic N) is 1. The standard InChI is InChI=1S/C9H13FN2/c1-3-8(11)7-4-5-9(10)12-6(7)2/h4-5,8H,3,11H2,1-2H3/t8-/m1/s1. The van der Waals surface area contributed by atoms with Crippen molar-refractivity contribution in [2.45, 2.75) is 26.3 Å². The number of aryl methyl sites for hydroxylation is 1. The van der Waals surface area contributed by atoms with Gasteiger partial charge in [-0.2, -0.15) is 4.39 Å². The molecule has 0 aromatic carbocycles. The van der Waals surface area contributed by atoms with Crippen LogP contribution in [0.15, 0.2) is 12.1 Å². The summed E-state index contributed by atoms with van der Waals surface area (Å²) in [4.78, 5) is 3.70. The van der Waals surface area contributed by atoms with Gasteiger partial charge < -0.3 is 5.73 Å². The van der Waals surface area contributed by atoms with Gasteiger partial charge in [-0.15, -0.1) is 0 Å². The molecule has 66 valence electrons. The van der Waals surface area contributed by atoms with E-state index in [1.54, 1.807) is 13.0 Å². The van der Waals surface area contributed by atoms with Crippen molar-refractivity contribution in [3.63, 3.8) is 0 Å². The van der Waals surface area contributed by atoms with E-state index in [2.05, 4.69) is 4.98 Å². The number of aromatic nitrogens is 1. The minimum atomic E-state index is -0.445. The van der Waals surface area contributed by atoms with E-state index in [1.807, 2.05) is 6.92 Å². The number of hydrogen-bond acceptors (Lipinski definition) is 2. The van der Waals surface area contributed by atoms with E-state index >= 15 is 0 Å². The lowest BCUT2D eigenvalue weighted by Gasteiger charge is -2.10. The summed E-state index contributed by atoms with van der Waals surface area (Å²) in [5.41, 5.74) is 7.40. The zero-order valence-electron chi connectivity index (χ0n) is 7.34. The van der Waals surface area contributed by atoms with Gasteiger partial charge in [0.05, 0.1) is 0 Å². The highest BCUT2D eigenvalue weighted by Crippen LogP contribution is 2.16. The van der Waals surface area contributed by atoms with Crippen molar-refractivity contribution in [3.8, 4) is 0 Å². The summed E-state index contributed by atoms with van der Waals surface area (Å²) in [7, 11) is 0. The van der Waals surface area contributed by atoms with Crippen molar-refractivity contribution in [2.75, 3.05) is 0 Å². The highest BCUT2D eigenvalue weighted by atomic mass is 19.1. The maximum Gasteiger partial charge on any atom is 0.213 e. The first-order valence-electron chi connectivity index (χ1n) is 4.03. The van der Waals surface area contributed by atoms with Crippen LogP contribution in [0, 0.1) is 12.9 Å². The second kappa shape index (κ2) is 3.63. The van der Waals surface area contributed by atoms with Crippen LogP contribution >= 0.6 is 0 Å². The Morgan fingerprint density at radius 3 is 2.75 bits per heavy atom. The van der Waals surface area contributed by atoms with Crippen molar-refractivity contribution in [3.05, 3.63) is 29.3 Å². The predicted molar refractivity (Wildman–Crippen MR) is 46.2 cm³/mol. The van der Waals surface area contributed by atoms with E-state index in [0.717, 1.165) is 12.0 Å². The zero-order valence-corrected chi connectivity index (χ0v) is 7.34. The van der Waals surface area contributed by atoms with Gasteiger partial charge in [-0.1, -0.05) is 13.0 Å². The SMILES string of the molecule is CC[C@@H](N)c1ccc(F)nc1C. The lowest BCUT2D eigenvalue weighted by Crippen LogP contribution is -2.11. The molecular weight excluding hydrogens is 155 g/mol. The van der Waals surface area contributed by atoms with Crippen molar-refractivity contribution in [1.29, 1.82) is 0 Å². The second-order valence-corrected chi connectivity index (χ2v) is 2.82. The number of hydrogen-bond donors (Lipinski definition) is 1. The van der Waals surface area contributed by atoms with Crippen LogP contribution in [0.1, 0.15) is 30.6 Å². The fraction of sp³-hybridized carbons (Fsp3) is 0.444. The molecule has 0 fully saturated rings. The van der Waals surface area contributed by atoms with Crippen LogP contribution in [0.5, 0.6) is 0 Å². The lowest BCUT2D eigenvalue weighted by molar-refractivity contribution is 0.573. The molecule has 0 saturated carbocycles. The summed E-state index contributed by atoms with van der Waals surface area (Å²) in [5, 5.41) is 0. The Morgan fingerprint density at radius 1 is 1.58 bits per heavy atom. The van der Waals surface area contributed by atoms with Crippen LogP contribution in [0.2, 0.25) is 0 Å². The molecule has 0 aliphatic carbocycles. The van der Waals surface area contributed by atoms with Crippen LogP contribution in [0.25, 0.3) is 0 Å². The molecule has 3 heteroatoms. The van der Waals surface area contributed by atoms with Crippen LogP contribution in [-0.2, 0) is 0 Å². The van der Waals surface area contributed by atoms with Crippen molar-refractivity contribution >= 4 is 0 Å². The largest absolute Gasteiger partial charge is 0.324 e. The molecule has 0 aliphatic heterocycles. The van der Waals surface area contributed by atoms with Crippen LogP contribution in [0.3, 0.4) is 0 Å². The summed E-state index contributed by atoms with van der Waals surface area (Å²) in [6, 6.07) is 3.02. The molecule has 0 amide bonds. The highest BCUT2D eigenvalue weighted by molar-refractivity contribution is 5.22. The molecule has 1 atom stereocenters. The van der Waals surface area contributed by atoms with Crippen LogP contribution in [-0.4, -0.2) is 4.98 Å².